The zero-order valence-electron chi connectivity index (χ0n) is 3.53. The molecule has 5 heteroatoms. The van der Waals surface area contributed by atoms with Gasteiger partial charge in [0.15, 0.2) is 0 Å². The monoisotopic (exact) mass is 100 g/mol. The molecular weight excluding hydrogens is 96.0 g/mol. The van der Waals surface area contributed by atoms with E-state index in [9.17, 15) is 4.79 Å². The van der Waals surface area contributed by atoms with Crippen molar-refractivity contribution >= 4 is 5.91 Å². The summed E-state index contributed by atoms with van der Waals surface area (Å²) in [5, 5.41) is 2.66. The standard InChI is InChI=1S/C2H4N4O/c3-1-2(7)5-6-4/h1,3H2. The fourth-order valence-electron chi connectivity index (χ4n) is 0.0907. The lowest BCUT2D eigenvalue weighted by Crippen LogP contribution is -2.09. The van der Waals surface area contributed by atoms with Gasteiger partial charge >= 0.3 is 0 Å². The molecule has 0 radical (unpaired) electrons. The van der Waals surface area contributed by atoms with Crippen LogP contribution in [0.4, 0.5) is 0 Å². The Kier molecular flexibility index (Phi) is 2.67. The Hall–Kier alpha value is -1.06. The van der Waals surface area contributed by atoms with Gasteiger partial charge in [-0.15, -0.1) is 0 Å². The third-order valence-electron chi connectivity index (χ3n) is 0.331. The van der Waals surface area contributed by atoms with Gasteiger partial charge in [-0.25, -0.2) is 0 Å². The molecule has 1 amide bonds. The summed E-state index contributed by atoms with van der Waals surface area (Å²) in [6.07, 6.45) is 0. The predicted molar refractivity (Wildman–Crippen MR) is 23.2 cm³/mol. The minimum Gasteiger partial charge on any atom is -0.324 e. The molecule has 0 aromatic rings. The number of hydrogen-bond acceptors (Lipinski definition) is 2. The first-order valence-electron chi connectivity index (χ1n) is 1.59. The minimum absolute atomic E-state index is 0.218. The maximum Gasteiger partial charge on any atom is 0.232 e. The molecule has 0 atom stereocenters. The third kappa shape index (κ3) is 2.75. The van der Waals surface area contributed by atoms with Crippen molar-refractivity contribution in [1.29, 1.82) is 0 Å². The molecule has 0 aliphatic heterocycles. The molecule has 0 aromatic heterocycles. The summed E-state index contributed by atoms with van der Waals surface area (Å²) >= 11 is 0. The molecule has 0 spiro atoms. The second-order valence-electron chi connectivity index (χ2n) is 0.787. The molecule has 0 saturated heterocycles. The molecule has 0 aliphatic carbocycles. The van der Waals surface area contributed by atoms with Crippen LogP contribution >= 0.6 is 0 Å². The molecule has 5 nitrogen and oxygen atoms in total. The number of hydrogen-bond donors (Lipinski definition) is 1. The number of carbonyl (C=O) groups excluding carboxylic acids is 1. The second kappa shape index (κ2) is 3.14. The van der Waals surface area contributed by atoms with Crippen molar-refractivity contribution < 1.29 is 4.79 Å². The first-order chi connectivity index (χ1) is 3.31. The summed E-state index contributed by atoms with van der Waals surface area (Å²) in [6.45, 7) is -0.218. The van der Waals surface area contributed by atoms with Gasteiger partial charge in [0.1, 0.15) is 0 Å². The molecule has 7 heavy (non-hydrogen) atoms. The van der Waals surface area contributed by atoms with E-state index < -0.39 is 5.91 Å². The van der Waals surface area contributed by atoms with Crippen molar-refractivity contribution in [2.75, 3.05) is 6.54 Å². The largest absolute Gasteiger partial charge is 0.324 e. The Balaban J connectivity index is 3.58. The Labute approximate surface area is 39.7 Å². The van der Waals surface area contributed by atoms with Crippen LogP contribution in [0.3, 0.4) is 0 Å². The van der Waals surface area contributed by atoms with Crippen molar-refractivity contribution in [3.63, 3.8) is 0 Å². The third-order valence-corrected chi connectivity index (χ3v) is 0.331. The maximum atomic E-state index is 9.87. The van der Waals surface area contributed by atoms with Crippen molar-refractivity contribution in [1.82, 2.24) is 0 Å². The topological polar surface area (TPSA) is 91.9 Å². The molecule has 0 saturated carbocycles. The summed E-state index contributed by atoms with van der Waals surface area (Å²) in [7, 11) is 0. The first kappa shape index (κ1) is 5.94. The summed E-state index contributed by atoms with van der Waals surface area (Å²) in [5.74, 6) is -0.637. The predicted octanol–water partition coefficient (Wildman–Crippen LogP) is -0.218. The van der Waals surface area contributed by atoms with Gasteiger partial charge in [-0.2, -0.15) is 0 Å². The Morgan fingerprint density at radius 1 is 2.00 bits per heavy atom. The van der Waals surface area contributed by atoms with Gasteiger partial charge in [0.05, 0.1) is 6.54 Å². The van der Waals surface area contributed by atoms with E-state index in [4.69, 9.17) is 11.3 Å². The molecule has 0 rings (SSSR count). The number of nitrogens with two attached hydrogens (primary N) is 1. The molecule has 0 heterocycles. The van der Waals surface area contributed by atoms with Gasteiger partial charge in [0.25, 0.3) is 0 Å². The van der Waals surface area contributed by atoms with E-state index in [0.29, 0.717) is 0 Å². The highest BCUT2D eigenvalue weighted by Crippen LogP contribution is 1.67. The Morgan fingerprint density at radius 2 is 2.57 bits per heavy atom. The zero-order valence-corrected chi connectivity index (χ0v) is 3.53. The van der Waals surface area contributed by atoms with Crippen LogP contribution in [0.5, 0.6) is 0 Å². The molecule has 2 N–H and O–H groups in total. The number of rotatable bonds is 1. The lowest BCUT2D eigenvalue weighted by Gasteiger charge is -1.74. The molecule has 0 aliphatic rings. The zero-order chi connectivity index (χ0) is 5.70. The van der Waals surface area contributed by atoms with Gasteiger partial charge in [-0.05, 0) is 10.6 Å². The van der Waals surface area contributed by atoms with Crippen LogP contribution in [0.2, 0.25) is 0 Å². The SMILES string of the molecule is [N-]=[N+]=NC(=O)CN. The van der Waals surface area contributed by atoms with E-state index in [1.165, 1.54) is 0 Å². The van der Waals surface area contributed by atoms with Crippen molar-refractivity contribution in [3.05, 3.63) is 10.4 Å². The number of nitrogens with zero attached hydrogens (tertiary/aromatic N) is 3. The Bertz CT molecular complexity index is 113. The number of amides is 1. The number of azide groups is 1. The average Bonchev–Trinajstić information content (AvgIpc) is 1.68. The van der Waals surface area contributed by atoms with E-state index in [2.05, 4.69) is 10.0 Å². The van der Waals surface area contributed by atoms with Crippen molar-refractivity contribution in [3.8, 4) is 0 Å². The average molecular weight is 100 g/mol. The first-order valence-corrected chi connectivity index (χ1v) is 1.59. The highest BCUT2D eigenvalue weighted by molar-refractivity contribution is 5.78. The summed E-state index contributed by atoms with van der Waals surface area (Å²) < 4.78 is 0. The van der Waals surface area contributed by atoms with Gasteiger partial charge in [0.2, 0.25) is 5.91 Å². The molecule has 38 valence electrons. The van der Waals surface area contributed by atoms with E-state index >= 15 is 0 Å². The van der Waals surface area contributed by atoms with Crippen molar-refractivity contribution in [2.24, 2.45) is 10.8 Å². The summed E-state index contributed by atoms with van der Waals surface area (Å²) in [6, 6.07) is 0. The van der Waals surface area contributed by atoms with Crippen LogP contribution < -0.4 is 5.73 Å². The van der Waals surface area contributed by atoms with Crippen LogP contribution in [0.15, 0.2) is 5.11 Å². The quantitative estimate of drug-likeness (QED) is 0.280. The number of carbonyl (C=O) groups is 1. The Morgan fingerprint density at radius 3 is 2.71 bits per heavy atom. The van der Waals surface area contributed by atoms with Crippen LogP contribution in [-0.4, -0.2) is 12.5 Å². The molecule has 0 bridgehead atoms. The lowest BCUT2D eigenvalue weighted by atomic mass is 10.7. The lowest BCUT2D eigenvalue weighted by molar-refractivity contribution is -0.116. The van der Waals surface area contributed by atoms with E-state index in [0.717, 1.165) is 0 Å². The smallest absolute Gasteiger partial charge is 0.232 e. The van der Waals surface area contributed by atoms with Crippen molar-refractivity contribution in [2.45, 2.75) is 0 Å². The van der Waals surface area contributed by atoms with Crippen LogP contribution in [0.1, 0.15) is 0 Å². The normalized spacial score (nSPS) is 7.00. The fraction of sp³-hybridized carbons (Fsp3) is 0.500. The summed E-state index contributed by atoms with van der Waals surface area (Å²) in [4.78, 5) is 12.1. The van der Waals surface area contributed by atoms with Crippen LogP contribution in [0, 0.1) is 0 Å². The fourth-order valence-corrected chi connectivity index (χ4v) is 0.0907. The van der Waals surface area contributed by atoms with E-state index in [1.807, 2.05) is 0 Å². The van der Waals surface area contributed by atoms with Gasteiger partial charge < -0.3 is 5.73 Å². The summed E-state index contributed by atoms with van der Waals surface area (Å²) in [5.41, 5.74) is 12.3. The minimum atomic E-state index is -0.637. The molecule has 0 unspecified atom stereocenters. The van der Waals surface area contributed by atoms with Gasteiger partial charge in [-0.1, -0.05) is 0 Å². The van der Waals surface area contributed by atoms with E-state index in [-0.39, 0.29) is 6.54 Å². The van der Waals surface area contributed by atoms with Crippen LogP contribution in [0.25, 0.3) is 10.4 Å². The van der Waals surface area contributed by atoms with Gasteiger partial charge in [0, 0.05) is 4.91 Å². The van der Waals surface area contributed by atoms with Crippen LogP contribution in [-0.2, 0) is 4.79 Å². The second-order valence-corrected chi connectivity index (χ2v) is 0.787. The maximum absolute atomic E-state index is 9.87. The highest BCUT2D eigenvalue weighted by Gasteiger charge is 1.86. The molecule has 0 fully saturated rings. The molecule has 0 aromatic carbocycles. The highest BCUT2D eigenvalue weighted by atomic mass is 16.1. The molecular formula is C2H4N4O. The van der Waals surface area contributed by atoms with E-state index in [1.54, 1.807) is 0 Å². The van der Waals surface area contributed by atoms with Gasteiger partial charge in [-0.3, -0.25) is 4.79 Å².